The standard InChI is InChI=1S/C18H16F2N2O5/c1-10(16(24)22-13-6-2-11(3-7-13)15(21)23)26-17(25)12-4-8-14(9-5-12)27-18(19)20/h2-10,18H,1H3,(H2,21,23)(H,22,24)/t10-/m1/s1. The second kappa shape index (κ2) is 8.75. The molecule has 0 fully saturated rings. The van der Waals surface area contributed by atoms with Gasteiger partial charge in [0.25, 0.3) is 5.91 Å². The van der Waals surface area contributed by atoms with Gasteiger partial charge in [0, 0.05) is 11.3 Å². The molecule has 9 heteroatoms. The molecule has 3 N–H and O–H groups in total. The third-order valence-corrected chi connectivity index (χ3v) is 3.41. The molecular formula is C18H16F2N2O5. The number of carbonyl (C=O) groups excluding carboxylic acids is 3. The summed E-state index contributed by atoms with van der Waals surface area (Å²) < 4.78 is 33.4. The monoisotopic (exact) mass is 378 g/mol. The summed E-state index contributed by atoms with van der Waals surface area (Å²) in [7, 11) is 0. The van der Waals surface area contributed by atoms with Gasteiger partial charge in [0.05, 0.1) is 5.56 Å². The molecule has 142 valence electrons. The van der Waals surface area contributed by atoms with Crippen LogP contribution >= 0.6 is 0 Å². The van der Waals surface area contributed by atoms with Crippen LogP contribution in [0.4, 0.5) is 14.5 Å². The molecule has 0 bridgehead atoms. The van der Waals surface area contributed by atoms with E-state index in [4.69, 9.17) is 10.5 Å². The minimum absolute atomic E-state index is 0.0714. The summed E-state index contributed by atoms with van der Waals surface area (Å²) in [6.45, 7) is -1.59. The molecule has 1 atom stereocenters. The molecule has 0 aliphatic rings. The first kappa shape index (κ1) is 19.8. The van der Waals surface area contributed by atoms with E-state index in [0.29, 0.717) is 5.69 Å². The number of nitrogens with one attached hydrogen (secondary N) is 1. The van der Waals surface area contributed by atoms with Crippen molar-refractivity contribution in [2.75, 3.05) is 5.32 Å². The van der Waals surface area contributed by atoms with Crippen LogP contribution in [0.2, 0.25) is 0 Å². The fourth-order valence-electron chi connectivity index (χ4n) is 2.02. The fourth-order valence-corrected chi connectivity index (χ4v) is 2.02. The minimum atomic E-state index is -2.97. The van der Waals surface area contributed by atoms with Crippen LogP contribution in [-0.2, 0) is 9.53 Å². The van der Waals surface area contributed by atoms with Crippen molar-refractivity contribution in [3.8, 4) is 5.75 Å². The highest BCUT2D eigenvalue weighted by atomic mass is 19.3. The number of rotatable bonds is 7. The van der Waals surface area contributed by atoms with Gasteiger partial charge in [-0.1, -0.05) is 0 Å². The van der Waals surface area contributed by atoms with Crippen LogP contribution in [0.3, 0.4) is 0 Å². The van der Waals surface area contributed by atoms with Crippen molar-refractivity contribution in [3.63, 3.8) is 0 Å². The lowest BCUT2D eigenvalue weighted by Gasteiger charge is -2.14. The molecule has 7 nitrogen and oxygen atoms in total. The predicted molar refractivity (Wildman–Crippen MR) is 91.5 cm³/mol. The summed E-state index contributed by atoms with van der Waals surface area (Å²) in [5.41, 5.74) is 5.87. The number of amides is 2. The summed E-state index contributed by atoms with van der Waals surface area (Å²) in [6, 6.07) is 10.7. The van der Waals surface area contributed by atoms with E-state index in [1.54, 1.807) is 0 Å². The van der Waals surface area contributed by atoms with Crippen molar-refractivity contribution in [2.24, 2.45) is 5.73 Å². The second-order valence-corrected chi connectivity index (χ2v) is 5.38. The maximum absolute atomic E-state index is 12.1. The zero-order valence-corrected chi connectivity index (χ0v) is 14.1. The highest BCUT2D eigenvalue weighted by Gasteiger charge is 2.19. The first-order valence-corrected chi connectivity index (χ1v) is 7.73. The number of halogens is 2. The van der Waals surface area contributed by atoms with Gasteiger partial charge in [-0.2, -0.15) is 8.78 Å². The zero-order chi connectivity index (χ0) is 20.0. The summed E-state index contributed by atoms with van der Waals surface area (Å²) in [4.78, 5) is 35.1. The lowest BCUT2D eigenvalue weighted by Crippen LogP contribution is -2.30. The molecule has 2 aromatic rings. The summed E-state index contributed by atoms with van der Waals surface area (Å²) in [5.74, 6) is -2.09. The maximum atomic E-state index is 12.1. The quantitative estimate of drug-likeness (QED) is 0.720. The van der Waals surface area contributed by atoms with E-state index in [2.05, 4.69) is 10.1 Å². The van der Waals surface area contributed by atoms with Crippen LogP contribution in [0, 0.1) is 0 Å². The average Bonchev–Trinajstić information content (AvgIpc) is 2.62. The van der Waals surface area contributed by atoms with Crippen molar-refractivity contribution in [1.82, 2.24) is 0 Å². The molecule has 2 amide bonds. The zero-order valence-electron chi connectivity index (χ0n) is 14.1. The molecule has 0 aliphatic carbocycles. The number of esters is 1. The molecule has 0 spiro atoms. The summed E-state index contributed by atoms with van der Waals surface area (Å²) in [6.07, 6.45) is -1.12. The molecule has 0 unspecified atom stereocenters. The van der Waals surface area contributed by atoms with E-state index in [-0.39, 0.29) is 16.9 Å². The fraction of sp³-hybridized carbons (Fsp3) is 0.167. The Balaban J connectivity index is 1.92. The Morgan fingerprint density at radius 1 is 0.963 bits per heavy atom. The molecule has 0 heterocycles. The lowest BCUT2D eigenvalue weighted by atomic mass is 10.2. The van der Waals surface area contributed by atoms with E-state index < -0.39 is 30.5 Å². The van der Waals surface area contributed by atoms with Crippen molar-refractivity contribution >= 4 is 23.5 Å². The van der Waals surface area contributed by atoms with Crippen molar-refractivity contribution in [3.05, 3.63) is 59.7 Å². The second-order valence-electron chi connectivity index (χ2n) is 5.38. The van der Waals surface area contributed by atoms with E-state index in [1.807, 2.05) is 0 Å². The van der Waals surface area contributed by atoms with Gasteiger partial charge in [-0.05, 0) is 55.5 Å². The Morgan fingerprint density at radius 2 is 1.52 bits per heavy atom. The molecule has 2 aromatic carbocycles. The van der Waals surface area contributed by atoms with Crippen LogP contribution in [0.5, 0.6) is 5.75 Å². The van der Waals surface area contributed by atoms with Crippen LogP contribution in [0.25, 0.3) is 0 Å². The molecular weight excluding hydrogens is 362 g/mol. The molecule has 0 saturated carbocycles. The number of primary amides is 1. The average molecular weight is 378 g/mol. The number of alkyl halides is 2. The van der Waals surface area contributed by atoms with Gasteiger partial charge in [-0.3, -0.25) is 9.59 Å². The SMILES string of the molecule is C[C@@H](OC(=O)c1ccc(OC(F)F)cc1)C(=O)Nc1ccc(C(N)=O)cc1. The van der Waals surface area contributed by atoms with E-state index in [0.717, 1.165) is 0 Å². The number of carbonyl (C=O) groups is 3. The first-order valence-electron chi connectivity index (χ1n) is 7.73. The first-order chi connectivity index (χ1) is 12.8. The minimum Gasteiger partial charge on any atom is -0.449 e. The van der Waals surface area contributed by atoms with Crippen LogP contribution in [0.1, 0.15) is 27.6 Å². The largest absolute Gasteiger partial charge is 0.449 e. The lowest BCUT2D eigenvalue weighted by molar-refractivity contribution is -0.123. The van der Waals surface area contributed by atoms with Gasteiger partial charge < -0.3 is 20.5 Å². The molecule has 0 radical (unpaired) electrons. The highest BCUT2D eigenvalue weighted by molar-refractivity contribution is 5.98. The Hall–Kier alpha value is -3.49. The van der Waals surface area contributed by atoms with Gasteiger partial charge in [0.2, 0.25) is 5.91 Å². The normalized spacial score (nSPS) is 11.6. The van der Waals surface area contributed by atoms with E-state index in [1.165, 1.54) is 55.5 Å². The van der Waals surface area contributed by atoms with Crippen LogP contribution in [-0.4, -0.2) is 30.5 Å². The van der Waals surface area contributed by atoms with E-state index >= 15 is 0 Å². The molecule has 0 aliphatic heterocycles. The summed E-state index contributed by atoms with van der Waals surface area (Å²) in [5, 5.41) is 2.52. The van der Waals surface area contributed by atoms with Gasteiger partial charge in [-0.25, -0.2) is 4.79 Å². The van der Waals surface area contributed by atoms with Crippen LogP contribution < -0.4 is 15.8 Å². The molecule has 27 heavy (non-hydrogen) atoms. The Labute approximate surface area is 153 Å². The topological polar surface area (TPSA) is 108 Å². The molecule has 0 aromatic heterocycles. The number of hydrogen-bond donors (Lipinski definition) is 2. The number of ether oxygens (including phenoxy) is 2. The predicted octanol–water partition coefficient (Wildman–Crippen LogP) is 2.57. The van der Waals surface area contributed by atoms with Gasteiger partial charge >= 0.3 is 12.6 Å². The number of anilines is 1. The van der Waals surface area contributed by atoms with Gasteiger partial charge in [-0.15, -0.1) is 0 Å². The third-order valence-electron chi connectivity index (χ3n) is 3.41. The Kier molecular flexibility index (Phi) is 6.42. The Bertz CT molecular complexity index is 823. The van der Waals surface area contributed by atoms with Gasteiger partial charge in [0.1, 0.15) is 5.75 Å². The third kappa shape index (κ3) is 5.77. The van der Waals surface area contributed by atoms with Crippen LogP contribution in [0.15, 0.2) is 48.5 Å². The highest BCUT2D eigenvalue weighted by Crippen LogP contribution is 2.16. The maximum Gasteiger partial charge on any atom is 0.387 e. The number of benzene rings is 2. The number of hydrogen-bond acceptors (Lipinski definition) is 5. The smallest absolute Gasteiger partial charge is 0.387 e. The summed E-state index contributed by atoms with van der Waals surface area (Å²) >= 11 is 0. The molecule has 0 saturated heterocycles. The van der Waals surface area contributed by atoms with Crippen molar-refractivity contribution in [1.29, 1.82) is 0 Å². The van der Waals surface area contributed by atoms with Gasteiger partial charge in [0.15, 0.2) is 6.10 Å². The van der Waals surface area contributed by atoms with Crippen molar-refractivity contribution in [2.45, 2.75) is 19.6 Å². The van der Waals surface area contributed by atoms with E-state index in [9.17, 15) is 23.2 Å². The number of nitrogens with two attached hydrogens (primary N) is 1. The Morgan fingerprint density at radius 3 is 2.04 bits per heavy atom. The van der Waals surface area contributed by atoms with Crippen molar-refractivity contribution < 1.29 is 32.6 Å². The molecule has 2 rings (SSSR count).